The number of amides is 2. The Morgan fingerprint density at radius 1 is 1.45 bits per heavy atom. The lowest BCUT2D eigenvalue weighted by Crippen LogP contribution is -2.30. The first-order chi connectivity index (χ1) is 9.54. The first kappa shape index (κ1) is 14.2. The summed E-state index contributed by atoms with van der Waals surface area (Å²) in [4.78, 5) is 24.8. The number of hydrogen-bond acceptors (Lipinski definition) is 3. The van der Waals surface area contributed by atoms with E-state index in [-0.39, 0.29) is 42.7 Å². The van der Waals surface area contributed by atoms with Gasteiger partial charge in [-0.1, -0.05) is 18.8 Å². The molecule has 0 aliphatic carbocycles. The summed E-state index contributed by atoms with van der Waals surface area (Å²) >= 11 is 0. The van der Waals surface area contributed by atoms with E-state index in [1.807, 2.05) is 0 Å². The van der Waals surface area contributed by atoms with Gasteiger partial charge in [0, 0.05) is 18.8 Å². The molecule has 5 heteroatoms. The Bertz CT molecular complexity index is 615. The minimum atomic E-state index is -0.522. The third-order valence-electron chi connectivity index (χ3n) is 3.04. The molecule has 1 aromatic rings. The van der Waals surface area contributed by atoms with Crippen LogP contribution in [0.15, 0.2) is 18.2 Å². The van der Waals surface area contributed by atoms with Crippen LogP contribution in [0.5, 0.6) is 0 Å². The molecule has 0 saturated carbocycles. The van der Waals surface area contributed by atoms with Crippen LogP contribution in [0.1, 0.15) is 25.3 Å². The minimum absolute atomic E-state index is 0.102. The minimum Gasteiger partial charge on any atom is -0.395 e. The van der Waals surface area contributed by atoms with Gasteiger partial charge in [0.1, 0.15) is 5.82 Å². The molecular formula is C15H14FNO3. The Balaban J connectivity index is 2.35. The maximum Gasteiger partial charge on any atom is 0.237 e. The van der Waals surface area contributed by atoms with Crippen molar-refractivity contribution in [2.24, 2.45) is 5.92 Å². The fourth-order valence-corrected chi connectivity index (χ4v) is 2.02. The standard InChI is InChI=1S/C15H14FNO3/c1-10-8-14(19)17(15(10)20)12-5-6-13(16)11(9-12)4-2-3-7-18/h5-6,9-10,18H,3,7-8H2,1H3. The van der Waals surface area contributed by atoms with Gasteiger partial charge in [0.15, 0.2) is 0 Å². The van der Waals surface area contributed by atoms with E-state index in [9.17, 15) is 14.0 Å². The first-order valence-corrected chi connectivity index (χ1v) is 6.30. The van der Waals surface area contributed by atoms with E-state index in [0.717, 1.165) is 4.90 Å². The summed E-state index contributed by atoms with van der Waals surface area (Å²) in [7, 11) is 0. The van der Waals surface area contributed by atoms with Gasteiger partial charge in [0.2, 0.25) is 11.8 Å². The van der Waals surface area contributed by atoms with E-state index in [1.165, 1.54) is 18.2 Å². The number of hydrogen-bond donors (Lipinski definition) is 1. The number of halogens is 1. The Labute approximate surface area is 116 Å². The van der Waals surface area contributed by atoms with Crippen molar-refractivity contribution >= 4 is 17.5 Å². The van der Waals surface area contributed by atoms with Crippen LogP contribution in [-0.4, -0.2) is 23.5 Å². The van der Waals surface area contributed by atoms with E-state index in [2.05, 4.69) is 11.8 Å². The van der Waals surface area contributed by atoms with E-state index in [1.54, 1.807) is 6.92 Å². The monoisotopic (exact) mass is 275 g/mol. The van der Waals surface area contributed by atoms with Crippen LogP contribution in [0.4, 0.5) is 10.1 Å². The predicted octanol–water partition coefficient (Wildman–Crippen LogP) is 1.46. The summed E-state index contributed by atoms with van der Waals surface area (Å²) in [6, 6.07) is 3.95. The summed E-state index contributed by atoms with van der Waals surface area (Å²) in [5.41, 5.74) is 0.440. The maximum atomic E-state index is 13.6. The highest BCUT2D eigenvalue weighted by Crippen LogP contribution is 2.27. The van der Waals surface area contributed by atoms with Gasteiger partial charge in [0.25, 0.3) is 0 Å². The summed E-state index contributed by atoms with van der Waals surface area (Å²) in [5.74, 6) is 3.75. The zero-order valence-corrected chi connectivity index (χ0v) is 11.0. The number of benzene rings is 1. The fourth-order valence-electron chi connectivity index (χ4n) is 2.02. The van der Waals surface area contributed by atoms with Gasteiger partial charge in [-0.3, -0.25) is 14.5 Å². The number of aliphatic hydroxyl groups is 1. The molecule has 0 aromatic heterocycles. The normalized spacial score (nSPS) is 18.1. The van der Waals surface area contributed by atoms with Gasteiger partial charge in [-0.15, -0.1) is 0 Å². The number of nitrogens with zero attached hydrogens (tertiary/aromatic N) is 1. The molecule has 20 heavy (non-hydrogen) atoms. The second-order valence-electron chi connectivity index (χ2n) is 4.61. The van der Waals surface area contributed by atoms with Crippen molar-refractivity contribution in [2.75, 3.05) is 11.5 Å². The SMILES string of the molecule is CC1CC(=O)N(c2ccc(F)c(C#CCCO)c2)C1=O. The average Bonchev–Trinajstić information content (AvgIpc) is 2.66. The van der Waals surface area contributed by atoms with Crippen LogP contribution in [0.2, 0.25) is 0 Å². The Hall–Kier alpha value is -2.19. The highest BCUT2D eigenvalue weighted by Gasteiger charge is 2.36. The molecule has 1 aromatic carbocycles. The molecule has 104 valence electrons. The van der Waals surface area contributed by atoms with Gasteiger partial charge in [-0.2, -0.15) is 0 Å². The molecule has 2 rings (SSSR count). The van der Waals surface area contributed by atoms with Crippen molar-refractivity contribution in [3.8, 4) is 11.8 Å². The summed E-state index contributed by atoms with van der Waals surface area (Å²) in [5, 5.41) is 8.65. The van der Waals surface area contributed by atoms with Crippen molar-refractivity contribution in [3.63, 3.8) is 0 Å². The molecule has 1 fully saturated rings. The predicted molar refractivity (Wildman–Crippen MR) is 71.3 cm³/mol. The van der Waals surface area contributed by atoms with Gasteiger partial charge in [-0.25, -0.2) is 4.39 Å². The molecule has 1 heterocycles. The lowest BCUT2D eigenvalue weighted by molar-refractivity contribution is -0.122. The molecule has 1 saturated heterocycles. The Morgan fingerprint density at radius 3 is 2.80 bits per heavy atom. The number of imide groups is 1. The number of carbonyl (C=O) groups excluding carboxylic acids is 2. The molecule has 1 aliphatic rings. The van der Waals surface area contributed by atoms with Crippen molar-refractivity contribution in [1.29, 1.82) is 0 Å². The lowest BCUT2D eigenvalue weighted by atomic mass is 10.1. The molecule has 1 unspecified atom stereocenters. The zero-order chi connectivity index (χ0) is 14.7. The van der Waals surface area contributed by atoms with Crippen molar-refractivity contribution in [2.45, 2.75) is 19.8 Å². The lowest BCUT2D eigenvalue weighted by Gasteiger charge is -2.14. The average molecular weight is 275 g/mol. The summed E-state index contributed by atoms with van der Waals surface area (Å²) in [6.07, 6.45) is 0.407. The van der Waals surface area contributed by atoms with Crippen molar-refractivity contribution in [3.05, 3.63) is 29.6 Å². The zero-order valence-electron chi connectivity index (χ0n) is 11.0. The topological polar surface area (TPSA) is 57.6 Å². The van der Waals surface area contributed by atoms with Crippen molar-refractivity contribution in [1.82, 2.24) is 0 Å². The summed E-state index contributed by atoms with van der Waals surface area (Å²) < 4.78 is 13.6. The largest absolute Gasteiger partial charge is 0.395 e. The van der Waals surface area contributed by atoms with E-state index < -0.39 is 5.82 Å². The fraction of sp³-hybridized carbons (Fsp3) is 0.333. The quantitative estimate of drug-likeness (QED) is 0.656. The number of carbonyl (C=O) groups is 2. The van der Waals surface area contributed by atoms with Crippen molar-refractivity contribution < 1.29 is 19.1 Å². The van der Waals surface area contributed by atoms with Crippen LogP contribution in [0, 0.1) is 23.6 Å². The van der Waals surface area contributed by atoms with Gasteiger partial charge in [0.05, 0.1) is 17.9 Å². The molecule has 0 radical (unpaired) electrons. The molecule has 1 atom stereocenters. The Kier molecular flexibility index (Phi) is 4.16. The number of rotatable bonds is 2. The Morgan fingerprint density at radius 2 is 2.20 bits per heavy atom. The smallest absolute Gasteiger partial charge is 0.237 e. The molecule has 2 amide bonds. The van der Waals surface area contributed by atoms with E-state index in [0.29, 0.717) is 5.69 Å². The third kappa shape index (κ3) is 2.70. The number of anilines is 1. The highest BCUT2D eigenvalue weighted by atomic mass is 19.1. The number of aliphatic hydroxyl groups excluding tert-OH is 1. The molecule has 1 N–H and O–H groups in total. The second kappa shape index (κ2) is 5.85. The van der Waals surface area contributed by atoms with Gasteiger partial charge < -0.3 is 5.11 Å². The van der Waals surface area contributed by atoms with Gasteiger partial charge in [-0.05, 0) is 18.2 Å². The molecule has 1 aliphatic heterocycles. The van der Waals surface area contributed by atoms with Crippen LogP contribution < -0.4 is 4.90 Å². The van der Waals surface area contributed by atoms with E-state index >= 15 is 0 Å². The van der Waals surface area contributed by atoms with Crippen LogP contribution >= 0.6 is 0 Å². The van der Waals surface area contributed by atoms with Crippen LogP contribution in [0.3, 0.4) is 0 Å². The molecule has 0 spiro atoms. The van der Waals surface area contributed by atoms with Crippen LogP contribution in [0.25, 0.3) is 0 Å². The molecule has 4 nitrogen and oxygen atoms in total. The van der Waals surface area contributed by atoms with Crippen LogP contribution in [-0.2, 0) is 9.59 Å². The second-order valence-corrected chi connectivity index (χ2v) is 4.61. The van der Waals surface area contributed by atoms with Gasteiger partial charge >= 0.3 is 0 Å². The first-order valence-electron chi connectivity index (χ1n) is 6.30. The third-order valence-corrected chi connectivity index (χ3v) is 3.04. The summed E-state index contributed by atoms with van der Waals surface area (Å²) in [6.45, 7) is 1.58. The maximum absolute atomic E-state index is 13.6. The molecule has 0 bridgehead atoms. The van der Waals surface area contributed by atoms with E-state index in [4.69, 9.17) is 5.11 Å². The molecular weight excluding hydrogens is 261 g/mol. The highest BCUT2D eigenvalue weighted by molar-refractivity contribution is 6.20.